The molecule has 1 heterocycles. The Kier molecular flexibility index (Phi) is 6.75. The van der Waals surface area contributed by atoms with E-state index in [1.54, 1.807) is 43.4 Å². The maximum Gasteiger partial charge on any atom is 0.225 e. The number of piperidine rings is 1. The van der Waals surface area contributed by atoms with Crippen molar-refractivity contribution in [3.8, 4) is 5.75 Å². The number of methoxy groups -OCH3 is 2. The third kappa shape index (κ3) is 4.55. The lowest BCUT2D eigenvalue weighted by Crippen LogP contribution is -2.42. The number of hydrogen-bond acceptors (Lipinski definition) is 5. The van der Waals surface area contributed by atoms with Gasteiger partial charge in [-0.15, -0.1) is 0 Å². The zero-order chi connectivity index (χ0) is 17.5. The van der Waals surface area contributed by atoms with Crippen molar-refractivity contribution in [3.63, 3.8) is 0 Å². The summed E-state index contributed by atoms with van der Waals surface area (Å²) in [6.07, 6.45) is 1.44. The number of ether oxygens (including phenoxy) is 2. The van der Waals surface area contributed by atoms with Crippen molar-refractivity contribution in [2.45, 2.75) is 25.4 Å². The van der Waals surface area contributed by atoms with Gasteiger partial charge in [0.1, 0.15) is 5.75 Å². The van der Waals surface area contributed by atoms with E-state index >= 15 is 0 Å². The highest BCUT2D eigenvalue weighted by atomic mass is 16.5. The number of rotatable bonds is 7. The van der Waals surface area contributed by atoms with Crippen LogP contribution in [0.2, 0.25) is 0 Å². The summed E-state index contributed by atoms with van der Waals surface area (Å²) in [5, 5.41) is 0. The van der Waals surface area contributed by atoms with Crippen LogP contribution >= 0.6 is 0 Å². The fourth-order valence-electron chi connectivity index (χ4n) is 2.97. The van der Waals surface area contributed by atoms with E-state index < -0.39 is 0 Å². The van der Waals surface area contributed by atoms with Crippen LogP contribution in [0, 0.1) is 5.92 Å². The van der Waals surface area contributed by atoms with Gasteiger partial charge in [0.2, 0.25) is 5.91 Å². The first-order chi connectivity index (χ1) is 11.6. The summed E-state index contributed by atoms with van der Waals surface area (Å²) in [6, 6.07) is 7.18. The number of carbonyl (C=O) groups excluding carboxylic acids is 2. The van der Waals surface area contributed by atoms with Gasteiger partial charge in [0, 0.05) is 38.2 Å². The monoisotopic (exact) mass is 334 g/mol. The van der Waals surface area contributed by atoms with Crippen molar-refractivity contribution in [2.75, 3.05) is 33.9 Å². The molecule has 2 N–H and O–H groups in total. The summed E-state index contributed by atoms with van der Waals surface area (Å²) in [6.45, 7) is 1.54. The highest BCUT2D eigenvalue weighted by molar-refractivity contribution is 5.98. The van der Waals surface area contributed by atoms with Crippen LogP contribution in [-0.4, -0.2) is 56.5 Å². The summed E-state index contributed by atoms with van der Waals surface area (Å²) in [5.41, 5.74) is 6.26. The molecule has 1 aromatic carbocycles. The zero-order valence-corrected chi connectivity index (χ0v) is 14.4. The topological polar surface area (TPSA) is 81.9 Å². The molecule has 24 heavy (non-hydrogen) atoms. The Bertz CT molecular complexity index is 547. The summed E-state index contributed by atoms with van der Waals surface area (Å²) in [5.74, 6) is 0.888. The molecule has 132 valence electrons. The number of benzene rings is 1. The van der Waals surface area contributed by atoms with Crippen LogP contribution in [0.1, 0.15) is 29.6 Å². The van der Waals surface area contributed by atoms with Crippen LogP contribution in [-0.2, 0) is 9.53 Å². The van der Waals surface area contributed by atoms with Gasteiger partial charge in [-0.2, -0.15) is 0 Å². The summed E-state index contributed by atoms with van der Waals surface area (Å²) >= 11 is 0. The molecule has 1 fully saturated rings. The number of ketones is 1. The predicted molar refractivity (Wildman–Crippen MR) is 91.1 cm³/mol. The van der Waals surface area contributed by atoms with E-state index in [1.807, 2.05) is 0 Å². The number of likely N-dealkylation sites (tertiary alicyclic amines) is 1. The molecule has 0 saturated carbocycles. The van der Waals surface area contributed by atoms with Gasteiger partial charge >= 0.3 is 0 Å². The van der Waals surface area contributed by atoms with Gasteiger partial charge in [-0.1, -0.05) is 0 Å². The van der Waals surface area contributed by atoms with Crippen molar-refractivity contribution >= 4 is 11.7 Å². The van der Waals surface area contributed by atoms with Gasteiger partial charge < -0.3 is 20.1 Å². The lowest BCUT2D eigenvalue weighted by atomic mass is 9.88. The van der Waals surface area contributed by atoms with E-state index in [2.05, 4.69) is 0 Å². The molecule has 6 heteroatoms. The Hall–Kier alpha value is -1.92. The molecule has 6 nitrogen and oxygen atoms in total. The Balaban J connectivity index is 1.87. The summed E-state index contributed by atoms with van der Waals surface area (Å²) in [7, 11) is 3.16. The Morgan fingerprint density at radius 2 is 1.83 bits per heavy atom. The molecular weight excluding hydrogens is 308 g/mol. The normalized spacial score (nSPS) is 16.7. The fourth-order valence-corrected chi connectivity index (χ4v) is 2.97. The van der Waals surface area contributed by atoms with Crippen molar-refractivity contribution in [2.24, 2.45) is 11.7 Å². The van der Waals surface area contributed by atoms with Crippen LogP contribution in [0.4, 0.5) is 0 Å². The van der Waals surface area contributed by atoms with Crippen molar-refractivity contribution in [1.82, 2.24) is 4.90 Å². The number of Topliss-reactive ketones (excluding diaryl/α,β-unsaturated/α-hetero) is 1. The lowest BCUT2D eigenvalue weighted by Gasteiger charge is -2.32. The minimum Gasteiger partial charge on any atom is -0.497 e. The van der Waals surface area contributed by atoms with Gasteiger partial charge in [0.05, 0.1) is 19.6 Å². The maximum absolute atomic E-state index is 12.6. The second-order valence-electron chi connectivity index (χ2n) is 6.05. The second kappa shape index (κ2) is 8.80. The number of amides is 1. The van der Waals surface area contributed by atoms with Gasteiger partial charge in [-0.05, 0) is 37.1 Å². The molecule has 0 bridgehead atoms. The smallest absolute Gasteiger partial charge is 0.225 e. The Labute approximate surface area is 142 Å². The number of carbonyl (C=O) groups is 2. The molecule has 0 radical (unpaired) electrons. The van der Waals surface area contributed by atoms with Crippen molar-refractivity contribution in [3.05, 3.63) is 29.8 Å². The number of hydrogen-bond donors (Lipinski definition) is 1. The second-order valence-corrected chi connectivity index (χ2v) is 6.05. The third-order valence-corrected chi connectivity index (χ3v) is 4.59. The van der Waals surface area contributed by atoms with Crippen molar-refractivity contribution < 1.29 is 19.1 Å². The van der Waals surface area contributed by atoms with Gasteiger partial charge in [0.25, 0.3) is 0 Å². The zero-order valence-electron chi connectivity index (χ0n) is 14.4. The molecule has 1 amide bonds. The van der Waals surface area contributed by atoms with Crippen LogP contribution < -0.4 is 10.5 Å². The third-order valence-electron chi connectivity index (χ3n) is 4.59. The molecular formula is C18H26N2O4. The van der Waals surface area contributed by atoms with Gasteiger partial charge in [-0.3, -0.25) is 9.59 Å². The van der Waals surface area contributed by atoms with E-state index in [-0.39, 0.29) is 23.7 Å². The van der Waals surface area contributed by atoms with Gasteiger partial charge in [-0.25, -0.2) is 0 Å². The molecule has 0 spiro atoms. The first kappa shape index (κ1) is 18.4. The molecule has 0 aromatic heterocycles. The van der Waals surface area contributed by atoms with E-state index in [0.717, 1.165) is 5.75 Å². The van der Waals surface area contributed by atoms with Crippen molar-refractivity contribution in [1.29, 1.82) is 0 Å². The molecule has 1 aliphatic heterocycles. The predicted octanol–water partition coefficient (Wildman–Crippen LogP) is 1.48. The number of nitrogens with two attached hydrogens (primary N) is 1. The first-order valence-corrected chi connectivity index (χ1v) is 8.28. The average Bonchev–Trinajstić information content (AvgIpc) is 2.65. The average molecular weight is 334 g/mol. The van der Waals surface area contributed by atoms with E-state index in [9.17, 15) is 9.59 Å². The quantitative estimate of drug-likeness (QED) is 0.764. The molecule has 1 aliphatic rings. The van der Waals surface area contributed by atoms with Gasteiger partial charge in [0.15, 0.2) is 5.78 Å². The largest absolute Gasteiger partial charge is 0.497 e. The molecule has 2 rings (SSSR count). The SMILES string of the molecule is COc1ccc(C(=O)C2CCN(C(=O)CC(CN)OC)CC2)cc1. The molecule has 1 aromatic rings. The van der Waals surface area contributed by atoms with Crippen LogP contribution in [0.5, 0.6) is 5.75 Å². The minimum atomic E-state index is -0.240. The Morgan fingerprint density at radius 3 is 2.33 bits per heavy atom. The fraction of sp³-hybridized carbons (Fsp3) is 0.556. The summed E-state index contributed by atoms with van der Waals surface area (Å²) in [4.78, 5) is 26.6. The first-order valence-electron chi connectivity index (χ1n) is 8.28. The molecule has 0 aliphatic carbocycles. The van der Waals surface area contributed by atoms with Crippen LogP contribution in [0.15, 0.2) is 24.3 Å². The highest BCUT2D eigenvalue weighted by Crippen LogP contribution is 2.23. The Morgan fingerprint density at radius 1 is 1.21 bits per heavy atom. The number of nitrogens with zero attached hydrogens (tertiary/aromatic N) is 1. The molecule has 1 atom stereocenters. The standard InChI is InChI=1S/C18H26N2O4/c1-23-15-5-3-13(4-6-15)18(22)14-7-9-20(10-8-14)17(21)11-16(12-19)24-2/h3-6,14,16H,7-12,19H2,1-2H3. The molecule has 1 saturated heterocycles. The van der Waals surface area contributed by atoms with E-state index in [4.69, 9.17) is 15.2 Å². The van der Waals surface area contributed by atoms with E-state index in [0.29, 0.717) is 44.5 Å². The minimum absolute atomic E-state index is 0.0322. The lowest BCUT2D eigenvalue weighted by molar-refractivity contribution is -0.134. The molecule has 1 unspecified atom stereocenters. The highest BCUT2D eigenvalue weighted by Gasteiger charge is 2.28. The maximum atomic E-state index is 12.6. The van der Waals surface area contributed by atoms with Crippen LogP contribution in [0.25, 0.3) is 0 Å². The van der Waals surface area contributed by atoms with E-state index in [1.165, 1.54) is 0 Å². The van der Waals surface area contributed by atoms with Crippen LogP contribution in [0.3, 0.4) is 0 Å². The summed E-state index contributed by atoms with van der Waals surface area (Å²) < 4.78 is 10.3.